The van der Waals surface area contributed by atoms with E-state index in [1.54, 1.807) is 6.20 Å². The first-order chi connectivity index (χ1) is 11.6. The summed E-state index contributed by atoms with van der Waals surface area (Å²) in [5, 5.41) is 6.48. The van der Waals surface area contributed by atoms with Gasteiger partial charge in [0.25, 0.3) is 0 Å². The molecule has 1 aromatic carbocycles. The Kier molecular flexibility index (Phi) is 5.30. The number of hydrogen-bond acceptors (Lipinski definition) is 4. The van der Waals surface area contributed by atoms with E-state index in [0.717, 1.165) is 30.8 Å². The van der Waals surface area contributed by atoms with Crippen molar-refractivity contribution in [3.8, 4) is 11.3 Å². The molecule has 2 unspecified atom stereocenters. The van der Waals surface area contributed by atoms with Gasteiger partial charge in [0.05, 0.1) is 6.20 Å². The minimum absolute atomic E-state index is 0.0730. The zero-order valence-corrected chi connectivity index (χ0v) is 14.3. The molecule has 2 heterocycles. The first-order valence-electron chi connectivity index (χ1n) is 8.63. The normalized spacial score (nSPS) is 20.8. The van der Waals surface area contributed by atoms with E-state index in [-0.39, 0.29) is 11.9 Å². The highest BCUT2D eigenvalue weighted by Gasteiger charge is 2.22. The van der Waals surface area contributed by atoms with Gasteiger partial charge in [-0.2, -0.15) is 0 Å². The molecule has 2 aromatic rings. The van der Waals surface area contributed by atoms with Gasteiger partial charge < -0.3 is 15.1 Å². The van der Waals surface area contributed by atoms with Gasteiger partial charge in [0, 0.05) is 24.4 Å². The van der Waals surface area contributed by atoms with Gasteiger partial charge in [0.15, 0.2) is 11.7 Å². The second-order valence-corrected chi connectivity index (χ2v) is 6.63. The number of nitrogens with one attached hydrogen (secondary N) is 2. The van der Waals surface area contributed by atoms with Crippen molar-refractivity contribution in [2.45, 2.75) is 39.2 Å². The molecule has 24 heavy (non-hydrogen) atoms. The molecule has 2 atom stereocenters. The summed E-state index contributed by atoms with van der Waals surface area (Å²) in [6.45, 7) is 6.15. The average Bonchev–Trinajstić information content (AvgIpc) is 3.05. The van der Waals surface area contributed by atoms with Gasteiger partial charge in [-0.25, -0.2) is 4.98 Å². The summed E-state index contributed by atoms with van der Waals surface area (Å²) in [5.74, 6) is 1.90. The lowest BCUT2D eigenvalue weighted by Crippen LogP contribution is -2.48. The summed E-state index contributed by atoms with van der Waals surface area (Å²) in [7, 11) is 0. The van der Waals surface area contributed by atoms with Gasteiger partial charge in [-0.05, 0) is 32.4 Å². The monoisotopic (exact) mass is 327 g/mol. The van der Waals surface area contributed by atoms with Crippen molar-refractivity contribution in [3.63, 3.8) is 0 Å². The smallest absolute Gasteiger partial charge is 0.220 e. The third-order valence-electron chi connectivity index (χ3n) is 4.59. The highest BCUT2D eigenvalue weighted by Crippen LogP contribution is 2.21. The van der Waals surface area contributed by atoms with Gasteiger partial charge >= 0.3 is 0 Å². The molecule has 1 aromatic heterocycles. The van der Waals surface area contributed by atoms with Crippen LogP contribution in [-0.2, 0) is 11.2 Å². The topological polar surface area (TPSA) is 67.2 Å². The van der Waals surface area contributed by atoms with Gasteiger partial charge in [-0.3, -0.25) is 4.79 Å². The van der Waals surface area contributed by atoms with Crippen LogP contribution in [0.1, 0.15) is 31.2 Å². The molecule has 0 bridgehead atoms. The number of aromatic nitrogens is 1. The average molecular weight is 327 g/mol. The molecule has 2 N–H and O–H groups in total. The number of benzene rings is 1. The molecule has 5 heteroatoms. The van der Waals surface area contributed by atoms with Gasteiger partial charge in [0.2, 0.25) is 5.91 Å². The van der Waals surface area contributed by atoms with E-state index in [1.807, 2.05) is 24.3 Å². The van der Waals surface area contributed by atoms with Crippen LogP contribution in [0.2, 0.25) is 0 Å². The third kappa shape index (κ3) is 4.23. The molecule has 5 nitrogen and oxygen atoms in total. The lowest BCUT2D eigenvalue weighted by molar-refractivity contribution is -0.122. The lowest BCUT2D eigenvalue weighted by Gasteiger charge is -2.30. The highest BCUT2D eigenvalue weighted by molar-refractivity contribution is 5.76. The summed E-state index contributed by atoms with van der Waals surface area (Å²) in [4.78, 5) is 16.4. The number of amides is 1. The highest BCUT2D eigenvalue weighted by atomic mass is 16.4. The second-order valence-electron chi connectivity index (χ2n) is 6.63. The summed E-state index contributed by atoms with van der Waals surface area (Å²) < 4.78 is 5.77. The Bertz CT molecular complexity index is 678. The molecule has 128 valence electrons. The van der Waals surface area contributed by atoms with Crippen LogP contribution in [0.25, 0.3) is 11.3 Å². The summed E-state index contributed by atoms with van der Waals surface area (Å²) in [6, 6.07) is 8.40. The Balaban J connectivity index is 1.51. The Hall–Kier alpha value is -2.14. The van der Waals surface area contributed by atoms with E-state index in [4.69, 9.17) is 4.42 Å². The van der Waals surface area contributed by atoms with E-state index in [1.165, 1.54) is 5.56 Å². The predicted molar refractivity (Wildman–Crippen MR) is 93.6 cm³/mol. The standard InChI is InChI=1S/C19H25N3O2/c1-13-3-5-15(6-4-13)17-12-21-19(24-17)8-7-18(23)22-16-9-10-20-11-14(16)2/h3-6,12,14,16,20H,7-11H2,1-2H3,(H,22,23). The fraction of sp³-hybridized carbons (Fsp3) is 0.474. The van der Waals surface area contributed by atoms with Crippen molar-refractivity contribution in [2.75, 3.05) is 13.1 Å². The summed E-state index contributed by atoms with van der Waals surface area (Å²) >= 11 is 0. The lowest BCUT2D eigenvalue weighted by atomic mass is 9.95. The largest absolute Gasteiger partial charge is 0.441 e. The number of oxazole rings is 1. The first kappa shape index (κ1) is 16.7. The molecule has 1 saturated heterocycles. The summed E-state index contributed by atoms with van der Waals surface area (Å²) in [5.41, 5.74) is 2.22. The van der Waals surface area contributed by atoms with Crippen molar-refractivity contribution in [2.24, 2.45) is 5.92 Å². The zero-order valence-electron chi connectivity index (χ0n) is 14.3. The molecule has 1 fully saturated rings. The van der Waals surface area contributed by atoms with E-state index >= 15 is 0 Å². The van der Waals surface area contributed by atoms with E-state index in [0.29, 0.717) is 24.7 Å². The van der Waals surface area contributed by atoms with E-state index < -0.39 is 0 Å². The van der Waals surface area contributed by atoms with Crippen LogP contribution in [0.4, 0.5) is 0 Å². The number of piperidine rings is 1. The van der Waals surface area contributed by atoms with Crippen molar-refractivity contribution in [3.05, 3.63) is 41.9 Å². The molecule has 1 amide bonds. The molecular formula is C19H25N3O2. The maximum atomic E-state index is 12.1. The first-order valence-corrected chi connectivity index (χ1v) is 8.63. The maximum absolute atomic E-state index is 12.1. The fourth-order valence-corrected chi connectivity index (χ4v) is 3.01. The predicted octanol–water partition coefficient (Wildman–Crippen LogP) is 2.70. The zero-order chi connectivity index (χ0) is 16.9. The molecule has 1 aliphatic rings. The van der Waals surface area contributed by atoms with Crippen LogP contribution in [0.3, 0.4) is 0 Å². The number of carbonyl (C=O) groups excluding carboxylic acids is 1. The number of nitrogens with zero attached hydrogens (tertiary/aromatic N) is 1. The minimum atomic E-state index is 0.0730. The van der Waals surface area contributed by atoms with Crippen LogP contribution in [0.5, 0.6) is 0 Å². The van der Waals surface area contributed by atoms with Gasteiger partial charge in [0.1, 0.15) is 0 Å². The fourth-order valence-electron chi connectivity index (χ4n) is 3.01. The summed E-state index contributed by atoms with van der Waals surface area (Å²) in [6.07, 6.45) is 3.65. The van der Waals surface area contributed by atoms with Crippen molar-refractivity contribution < 1.29 is 9.21 Å². The Morgan fingerprint density at radius 2 is 2.17 bits per heavy atom. The van der Waals surface area contributed by atoms with Crippen LogP contribution < -0.4 is 10.6 Å². The number of aryl methyl sites for hydroxylation is 2. The van der Waals surface area contributed by atoms with E-state index in [9.17, 15) is 4.79 Å². The number of hydrogen-bond donors (Lipinski definition) is 2. The minimum Gasteiger partial charge on any atom is -0.441 e. The Labute approximate surface area is 142 Å². The molecular weight excluding hydrogens is 302 g/mol. The molecule has 0 radical (unpaired) electrons. The van der Waals surface area contributed by atoms with Gasteiger partial charge in [-0.15, -0.1) is 0 Å². The Morgan fingerprint density at radius 3 is 2.92 bits per heavy atom. The van der Waals surface area contributed by atoms with Crippen LogP contribution >= 0.6 is 0 Å². The molecule has 0 saturated carbocycles. The SMILES string of the molecule is Cc1ccc(-c2cnc(CCC(=O)NC3CCNCC3C)o2)cc1. The van der Waals surface area contributed by atoms with Crippen LogP contribution in [-0.4, -0.2) is 30.0 Å². The quantitative estimate of drug-likeness (QED) is 0.886. The van der Waals surface area contributed by atoms with E-state index in [2.05, 4.69) is 29.5 Å². The van der Waals surface area contributed by atoms with Crippen LogP contribution in [0.15, 0.2) is 34.9 Å². The molecule has 3 rings (SSSR count). The maximum Gasteiger partial charge on any atom is 0.220 e. The third-order valence-corrected chi connectivity index (χ3v) is 4.59. The number of rotatable bonds is 5. The Morgan fingerprint density at radius 1 is 1.38 bits per heavy atom. The van der Waals surface area contributed by atoms with Crippen molar-refractivity contribution in [1.29, 1.82) is 0 Å². The molecule has 0 aliphatic carbocycles. The van der Waals surface area contributed by atoms with Crippen molar-refractivity contribution in [1.82, 2.24) is 15.6 Å². The molecule has 0 spiro atoms. The number of carbonyl (C=O) groups is 1. The van der Waals surface area contributed by atoms with Crippen LogP contribution in [0, 0.1) is 12.8 Å². The second kappa shape index (κ2) is 7.62. The van der Waals surface area contributed by atoms with Crippen molar-refractivity contribution >= 4 is 5.91 Å². The van der Waals surface area contributed by atoms with Gasteiger partial charge in [-0.1, -0.05) is 36.8 Å². The molecule has 1 aliphatic heterocycles.